The molecule has 0 aliphatic carbocycles. The molecule has 0 heterocycles. The molecule has 0 aliphatic rings. The Bertz CT molecular complexity index is 147. The molecule has 0 saturated carbocycles. The van der Waals surface area contributed by atoms with Crippen molar-refractivity contribution in [2.45, 2.75) is 46.6 Å². The van der Waals surface area contributed by atoms with Gasteiger partial charge in [0, 0.05) is 5.54 Å². The van der Waals surface area contributed by atoms with Crippen molar-refractivity contribution in [2.75, 3.05) is 0 Å². The van der Waals surface area contributed by atoms with Crippen LogP contribution in [0.3, 0.4) is 0 Å². The van der Waals surface area contributed by atoms with Gasteiger partial charge < -0.3 is 5.73 Å². The van der Waals surface area contributed by atoms with Crippen LogP contribution in [0.15, 0.2) is 12.2 Å². The van der Waals surface area contributed by atoms with Crippen LogP contribution in [0.25, 0.3) is 0 Å². The molecule has 1 nitrogen and oxygen atoms in total. The predicted molar refractivity (Wildman–Crippen MR) is 56.0 cm³/mol. The fraction of sp³-hybridized carbons (Fsp3) is 0.818. The van der Waals surface area contributed by atoms with Crippen LogP contribution in [-0.4, -0.2) is 5.54 Å². The normalized spacial score (nSPS) is 22.2. The number of nitrogens with two attached hydrogens (primary N) is 1. The van der Waals surface area contributed by atoms with Crippen LogP contribution in [0.5, 0.6) is 0 Å². The summed E-state index contributed by atoms with van der Waals surface area (Å²) < 4.78 is 0. The van der Waals surface area contributed by atoms with Crippen LogP contribution >= 0.6 is 0 Å². The summed E-state index contributed by atoms with van der Waals surface area (Å²) >= 11 is 0. The first-order valence-corrected chi connectivity index (χ1v) is 4.87. The standard InChI is InChI=1S/C11H23N/c1-6-8-9(3)10(4)11(5,12)7-2/h6,8-10H,7,12H2,1-5H3/b8-6-. The minimum absolute atomic E-state index is 0.0288. The molecule has 0 fully saturated rings. The molecule has 0 bridgehead atoms. The van der Waals surface area contributed by atoms with Crippen molar-refractivity contribution in [1.29, 1.82) is 0 Å². The fourth-order valence-corrected chi connectivity index (χ4v) is 1.39. The molecule has 0 saturated heterocycles. The molecule has 0 rings (SSSR count). The summed E-state index contributed by atoms with van der Waals surface area (Å²) in [5.41, 5.74) is 6.13. The Kier molecular flexibility index (Phi) is 4.54. The van der Waals surface area contributed by atoms with Gasteiger partial charge in [-0.1, -0.05) is 32.9 Å². The molecule has 3 unspecified atom stereocenters. The zero-order valence-electron chi connectivity index (χ0n) is 9.09. The molecule has 0 spiro atoms. The molecule has 3 atom stereocenters. The van der Waals surface area contributed by atoms with Gasteiger partial charge in [-0.2, -0.15) is 0 Å². The van der Waals surface area contributed by atoms with E-state index < -0.39 is 0 Å². The lowest BCUT2D eigenvalue weighted by Gasteiger charge is -2.33. The summed E-state index contributed by atoms with van der Waals surface area (Å²) in [6, 6.07) is 0. The van der Waals surface area contributed by atoms with Gasteiger partial charge >= 0.3 is 0 Å². The molecule has 0 amide bonds. The van der Waals surface area contributed by atoms with Crippen molar-refractivity contribution in [3.63, 3.8) is 0 Å². The maximum Gasteiger partial charge on any atom is 0.0154 e. The van der Waals surface area contributed by atoms with E-state index in [1.807, 2.05) is 0 Å². The van der Waals surface area contributed by atoms with Crippen LogP contribution < -0.4 is 5.73 Å². The van der Waals surface area contributed by atoms with Crippen molar-refractivity contribution in [2.24, 2.45) is 17.6 Å². The molecule has 12 heavy (non-hydrogen) atoms. The van der Waals surface area contributed by atoms with E-state index >= 15 is 0 Å². The number of allylic oxidation sites excluding steroid dienone is 2. The van der Waals surface area contributed by atoms with Crippen LogP contribution in [0.2, 0.25) is 0 Å². The summed E-state index contributed by atoms with van der Waals surface area (Å²) in [4.78, 5) is 0. The second kappa shape index (κ2) is 4.66. The van der Waals surface area contributed by atoms with Gasteiger partial charge in [0.25, 0.3) is 0 Å². The lowest BCUT2D eigenvalue weighted by molar-refractivity contribution is 0.257. The lowest BCUT2D eigenvalue weighted by Crippen LogP contribution is -2.44. The number of hydrogen-bond donors (Lipinski definition) is 1. The Morgan fingerprint density at radius 2 is 1.92 bits per heavy atom. The van der Waals surface area contributed by atoms with Gasteiger partial charge in [-0.05, 0) is 32.1 Å². The van der Waals surface area contributed by atoms with E-state index in [9.17, 15) is 0 Å². The van der Waals surface area contributed by atoms with E-state index in [0.29, 0.717) is 11.8 Å². The lowest BCUT2D eigenvalue weighted by atomic mass is 9.78. The quantitative estimate of drug-likeness (QED) is 0.643. The topological polar surface area (TPSA) is 26.0 Å². The third kappa shape index (κ3) is 2.98. The molecule has 0 aromatic heterocycles. The molecular weight excluding hydrogens is 146 g/mol. The molecule has 0 aromatic carbocycles. The van der Waals surface area contributed by atoms with Crippen LogP contribution in [0.4, 0.5) is 0 Å². The van der Waals surface area contributed by atoms with Crippen LogP contribution in [0, 0.1) is 11.8 Å². The maximum atomic E-state index is 6.16. The highest BCUT2D eigenvalue weighted by molar-refractivity contribution is 4.94. The second-order valence-corrected chi connectivity index (χ2v) is 4.03. The Hall–Kier alpha value is -0.300. The zero-order chi connectivity index (χ0) is 9.78. The zero-order valence-corrected chi connectivity index (χ0v) is 9.09. The monoisotopic (exact) mass is 169 g/mol. The molecule has 0 aromatic rings. The minimum atomic E-state index is -0.0288. The third-order valence-corrected chi connectivity index (χ3v) is 3.09. The maximum absolute atomic E-state index is 6.16. The Morgan fingerprint density at radius 1 is 1.42 bits per heavy atom. The summed E-state index contributed by atoms with van der Waals surface area (Å²) in [5, 5.41) is 0. The Morgan fingerprint density at radius 3 is 2.25 bits per heavy atom. The molecular formula is C11H23N. The van der Waals surface area contributed by atoms with Gasteiger partial charge in [0.2, 0.25) is 0 Å². The molecule has 0 radical (unpaired) electrons. The van der Waals surface area contributed by atoms with Crippen molar-refractivity contribution in [3.8, 4) is 0 Å². The summed E-state index contributed by atoms with van der Waals surface area (Å²) in [7, 11) is 0. The van der Waals surface area contributed by atoms with E-state index in [4.69, 9.17) is 5.73 Å². The van der Waals surface area contributed by atoms with Gasteiger partial charge in [0.15, 0.2) is 0 Å². The summed E-state index contributed by atoms with van der Waals surface area (Å²) in [6.45, 7) is 10.8. The molecule has 1 heteroatoms. The first-order valence-electron chi connectivity index (χ1n) is 4.87. The highest BCUT2D eigenvalue weighted by atomic mass is 14.7. The smallest absolute Gasteiger partial charge is 0.0154 e. The Balaban J connectivity index is 4.26. The van der Waals surface area contributed by atoms with Gasteiger partial charge in [-0.25, -0.2) is 0 Å². The van der Waals surface area contributed by atoms with E-state index in [2.05, 4.69) is 46.8 Å². The van der Waals surface area contributed by atoms with Crippen molar-refractivity contribution < 1.29 is 0 Å². The predicted octanol–water partition coefficient (Wildman–Crippen LogP) is 2.96. The van der Waals surface area contributed by atoms with Crippen molar-refractivity contribution in [1.82, 2.24) is 0 Å². The largest absolute Gasteiger partial charge is 0.325 e. The van der Waals surface area contributed by atoms with Gasteiger partial charge in [0.1, 0.15) is 0 Å². The average molecular weight is 169 g/mol. The fourth-order valence-electron chi connectivity index (χ4n) is 1.39. The second-order valence-electron chi connectivity index (χ2n) is 4.03. The first kappa shape index (κ1) is 11.7. The van der Waals surface area contributed by atoms with Gasteiger partial charge in [0.05, 0.1) is 0 Å². The molecule has 0 aliphatic heterocycles. The van der Waals surface area contributed by atoms with Crippen LogP contribution in [-0.2, 0) is 0 Å². The van der Waals surface area contributed by atoms with Crippen molar-refractivity contribution in [3.05, 3.63) is 12.2 Å². The van der Waals surface area contributed by atoms with E-state index in [1.54, 1.807) is 0 Å². The van der Waals surface area contributed by atoms with E-state index in [1.165, 1.54) is 0 Å². The van der Waals surface area contributed by atoms with E-state index in [-0.39, 0.29) is 5.54 Å². The Labute approximate surface area is 77.0 Å². The highest BCUT2D eigenvalue weighted by Crippen LogP contribution is 2.25. The number of hydrogen-bond acceptors (Lipinski definition) is 1. The van der Waals surface area contributed by atoms with Crippen molar-refractivity contribution >= 4 is 0 Å². The first-order chi connectivity index (χ1) is 5.45. The van der Waals surface area contributed by atoms with Gasteiger partial charge in [-0.3, -0.25) is 0 Å². The third-order valence-electron chi connectivity index (χ3n) is 3.09. The highest BCUT2D eigenvalue weighted by Gasteiger charge is 2.27. The molecule has 72 valence electrons. The average Bonchev–Trinajstić information content (AvgIpc) is 2.03. The molecule has 2 N–H and O–H groups in total. The van der Waals surface area contributed by atoms with Crippen LogP contribution in [0.1, 0.15) is 41.0 Å². The minimum Gasteiger partial charge on any atom is -0.325 e. The number of rotatable bonds is 4. The van der Waals surface area contributed by atoms with E-state index in [0.717, 1.165) is 6.42 Å². The van der Waals surface area contributed by atoms with Gasteiger partial charge in [-0.15, -0.1) is 0 Å². The SMILES string of the molecule is C/C=C\C(C)C(C)C(C)(N)CC. The summed E-state index contributed by atoms with van der Waals surface area (Å²) in [6.07, 6.45) is 5.37. The summed E-state index contributed by atoms with van der Waals surface area (Å²) in [5.74, 6) is 1.11.